The lowest BCUT2D eigenvalue weighted by molar-refractivity contribution is -0.240. The zero-order chi connectivity index (χ0) is 29.3. The first-order chi connectivity index (χ1) is 17.9. The quantitative estimate of drug-likeness (QED) is 0.432. The van der Waals surface area contributed by atoms with Gasteiger partial charge in [0.05, 0.1) is 11.1 Å². The van der Waals surface area contributed by atoms with Crippen molar-refractivity contribution in [3.05, 3.63) is 58.7 Å². The van der Waals surface area contributed by atoms with E-state index in [0.29, 0.717) is 17.2 Å². The summed E-state index contributed by atoms with van der Waals surface area (Å²) in [5.41, 5.74) is -4.06. The average Bonchev–Trinajstić information content (AvgIpc) is 3.26. The van der Waals surface area contributed by atoms with Gasteiger partial charge in [-0.05, 0) is 37.1 Å². The summed E-state index contributed by atoms with van der Waals surface area (Å²) in [7, 11) is 0. The monoisotopic (exact) mass is 580 g/mol. The van der Waals surface area contributed by atoms with Crippen molar-refractivity contribution in [2.45, 2.75) is 44.0 Å². The van der Waals surface area contributed by atoms with E-state index in [1.54, 1.807) is 0 Å². The first-order valence-corrected chi connectivity index (χ1v) is 10.6. The fourth-order valence-electron chi connectivity index (χ4n) is 3.47. The number of hydroxylamine groups is 2. The van der Waals surface area contributed by atoms with E-state index < -0.39 is 82.8 Å². The number of amides is 1. The van der Waals surface area contributed by atoms with Gasteiger partial charge in [0.15, 0.2) is 11.6 Å². The standard InChI is InChI=1S/C22H15F11N2O4/c23-14-8-17(38-13-6-11(20(25,26)27)5-12(7-13)21(28,29)30)15(24)4-10(14)9-34-18(36)16-2-1-3-35(16)39-19(37)22(31,32)33/h4-8,16H,1-3,9H2,(H,34,36)/t16-/m0/s1. The summed E-state index contributed by atoms with van der Waals surface area (Å²) >= 11 is 0. The number of ether oxygens (including phenoxy) is 1. The summed E-state index contributed by atoms with van der Waals surface area (Å²) in [6.07, 6.45) is -15.6. The van der Waals surface area contributed by atoms with Crippen LogP contribution in [0.25, 0.3) is 0 Å². The summed E-state index contributed by atoms with van der Waals surface area (Å²) in [6.45, 7) is -0.943. The van der Waals surface area contributed by atoms with Gasteiger partial charge in [-0.2, -0.15) is 39.5 Å². The molecule has 0 spiro atoms. The Bertz CT molecular complexity index is 1210. The lowest BCUT2D eigenvalue weighted by Crippen LogP contribution is -2.45. The SMILES string of the molecule is O=C(NCc1cc(F)c(Oc2cc(C(F)(F)F)cc(C(F)(F)F)c2)cc1F)[C@@H]1CCCN1OC(=O)C(F)(F)F. The number of nitrogens with zero attached hydrogens (tertiary/aromatic N) is 1. The molecule has 1 amide bonds. The molecule has 0 aromatic heterocycles. The molecule has 1 N–H and O–H groups in total. The Morgan fingerprint density at radius 1 is 0.872 bits per heavy atom. The van der Waals surface area contributed by atoms with Crippen LogP contribution < -0.4 is 10.1 Å². The second-order valence-electron chi connectivity index (χ2n) is 8.11. The Morgan fingerprint density at radius 3 is 2.00 bits per heavy atom. The van der Waals surface area contributed by atoms with Crippen molar-refractivity contribution in [1.82, 2.24) is 10.4 Å². The highest BCUT2D eigenvalue weighted by Gasteiger charge is 2.45. The lowest BCUT2D eigenvalue weighted by atomic mass is 10.1. The maximum atomic E-state index is 14.5. The van der Waals surface area contributed by atoms with Gasteiger partial charge in [0, 0.05) is 24.7 Å². The molecule has 1 aliphatic rings. The molecule has 0 aliphatic carbocycles. The molecule has 2 aromatic carbocycles. The molecule has 0 bridgehead atoms. The molecule has 3 rings (SSSR count). The Morgan fingerprint density at radius 2 is 1.46 bits per heavy atom. The summed E-state index contributed by atoms with van der Waals surface area (Å²) < 4.78 is 149. The Hall–Kier alpha value is -3.63. The highest BCUT2D eigenvalue weighted by Crippen LogP contribution is 2.39. The normalized spacial score (nSPS) is 16.7. The van der Waals surface area contributed by atoms with Crippen molar-refractivity contribution >= 4 is 11.9 Å². The molecule has 1 aliphatic heterocycles. The lowest BCUT2D eigenvalue weighted by Gasteiger charge is -2.22. The first-order valence-electron chi connectivity index (χ1n) is 10.6. The zero-order valence-electron chi connectivity index (χ0n) is 19.0. The fraction of sp³-hybridized carbons (Fsp3) is 0.364. The van der Waals surface area contributed by atoms with Gasteiger partial charge in [0.1, 0.15) is 17.6 Å². The van der Waals surface area contributed by atoms with Crippen LogP contribution >= 0.6 is 0 Å². The number of hydrogen-bond acceptors (Lipinski definition) is 5. The van der Waals surface area contributed by atoms with E-state index in [2.05, 4.69) is 10.2 Å². The molecule has 39 heavy (non-hydrogen) atoms. The van der Waals surface area contributed by atoms with Crippen LogP contribution in [0.3, 0.4) is 0 Å². The van der Waals surface area contributed by atoms with Gasteiger partial charge in [-0.1, -0.05) is 0 Å². The highest BCUT2D eigenvalue weighted by atomic mass is 19.4. The van der Waals surface area contributed by atoms with Gasteiger partial charge in [-0.3, -0.25) is 4.79 Å². The Balaban J connectivity index is 1.74. The van der Waals surface area contributed by atoms with Gasteiger partial charge in [-0.25, -0.2) is 13.6 Å². The minimum atomic E-state index is -5.32. The van der Waals surface area contributed by atoms with Gasteiger partial charge < -0.3 is 14.9 Å². The van der Waals surface area contributed by atoms with E-state index >= 15 is 0 Å². The third-order valence-corrected chi connectivity index (χ3v) is 5.28. The molecular weight excluding hydrogens is 565 g/mol. The fourth-order valence-corrected chi connectivity index (χ4v) is 3.47. The van der Waals surface area contributed by atoms with Crippen molar-refractivity contribution < 1.29 is 67.5 Å². The van der Waals surface area contributed by atoms with Gasteiger partial charge in [0.25, 0.3) is 0 Å². The van der Waals surface area contributed by atoms with Crippen LogP contribution in [0.15, 0.2) is 30.3 Å². The number of hydrogen-bond donors (Lipinski definition) is 1. The number of nitrogens with one attached hydrogen (secondary N) is 1. The largest absolute Gasteiger partial charge is 0.492 e. The van der Waals surface area contributed by atoms with E-state index in [9.17, 15) is 57.9 Å². The molecule has 6 nitrogen and oxygen atoms in total. The smallest absolute Gasteiger partial charge is 0.454 e. The van der Waals surface area contributed by atoms with Gasteiger partial charge >= 0.3 is 24.5 Å². The Kier molecular flexibility index (Phi) is 8.33. The van der Waals surface area contributed by atoms with Crippen molar-refractivity contribution in [2.75, 3.05) is 6.54 Å². The van der Waals surface area contributed by atoms with Crippen molar-refractivity contribution in [1.29, 1.82) is 0 Å². The van der Waals surface area contributed by atoms with E-state index in [4.69, 9.17) is 4.74 Å². The van der Waals surface area contributed by atoms with Gasteiger partial charge in [-0.15, -0.1) is 5.06 Å². The third-order valence-electron chi connectivity index (χ3n) is 5.28. The van der Waals surface area contributed by atoms with Crippen molar-refractivity contribution in [3.8, 4) is 11.5 Å². The molecule has 17 heteroatoms. The van der Waals surface area contributed by atoms with Crippen LogP contribution in [-0.4, -0.2) is 35.7 Å². The highest BCUT2D eigenvalue weighted by molar-refractivity contribution is 5.82. The Labute approximate surface area is 211 Å². The maximum absolute atomic E-state index is 14.5. The second kappa shape index (κ2) is 10.9. The molecule has 1 heterocycles. The van der Waals surface area contributed by atoms with E-state index in [-0.39, 0.29) is 37.6 Å². The number of carbonyl (C=O) groups excluding carboxylic acids is 2. The number of carbonyl (C=O) groups is 2. The molecule has 2 aromatic rings. The average molecular weight is 580 g/mol. The molecule has 1 fully saturated rings. The molecule has 214 valence electrons. The van der Waals surface area contributed by atoms with E-state index in [1.807, 2.05) is 0 Å². The van der Waals surface area contributed by atoms with Crippen LogP contribution in [0.2, 0.25) is 0 Å². The van der Waals surface area contributed by atoms with Crippen molar-refractivity contribution in [2.24, 2.45) is 0 Å². The van der Waals surface area contributed by atoms with Crippen LogP contribution in [0.5, 0.6) is 11.5 Å². The molecule has 1 saturated heterocycles. The summed E-state index contributed by atoms with van der Waals surface area (Å²) in [5, 5.41) is 2.61. The maximum Gasteiger partial charge on any atom is 0.492 e. The van der Waals surface area contributed by atoms with Crippen molar-refractivity contribution in [3.63, 3.8) is 0 Å². The van der Waals surface area contributed by atoms with Crippen LogP contribution in [0, 0.1) is 11.6 Å². The van der Waals surface area contributed by atoms with Gasteiger partial charge in [0.2, 0.25) is 5.91 Å². The van der Waals surface area contributed by atoms with Crippen LogP contribution in [0.4, 0.5) is 48.3 Å². The minimum absolute atomic E-state index is 0.0303. The number of alkyl halides is 9. The predicted octanol–water partition coefficient (Wildman–Crippen LogP) is 5.90. The summed E-state index contributed by atoms with van der Waals surface area (Å²) in [4.78, 5) is 27.5. The molecule has 0 radical (unpaired) electrons. The predicted molar refractivity (Wildman–Crippen MR) is 107 cm³/mol. The summed E-state index contributed by atoms with van der Waals surface area (Å²) in [5.74, 6) is -8.43. The van der Waals surface area contributed by atoms with Crippen LogP contribution in [-0.2, 0) is 33.3 Å². The third kappa shape index (κ3) is 7.48. The zero-order valence-corrected chi connectivity index (χ0v) is 19.0. The second-order valence-corrected chi connectivity index (χ2v) is 8.11. The topological polar surface area (TPSA) is 67.9 Å². The number of rotatable bonds is 6. The summed E-state index contributed by atoms with van der Waals surface area (Å²) in [6, 6.07) is -0.489. The molecule has 1 atom stereocenters. The first kappa shape index (κ1) is 29.9. The minimum Gasteiger partial charge on any atom is -0.454 e. The van der Waals surface area contributed by atoms with E-state index in [1.165, 1.54) is 0 Å². The molecular formula is C22H15F11N2O4. The van der Waals surface area contributed by atoms with E-state index in [0.717, 1.165) is 0 Å². The number of benzene rings is 2. The molecule has 0 unspecified atom stereocenters. The van der Waals surface area contributed by atoms with Crippen LogP contribution in [0.1, 0.15) is 29.5 Å². The molecule has 0 saturated carbocycles. The number of halogens is 11.